The standard InChI is InChI=1S/C16H18ClN3O2/c1-11-7-20(15-5-3-4-13(17)6-15)16(21)9-19(11)8-14-10-22-12(2)18-14/h3-6,10-11H,7-9H2,1-2H3/t11-/m1/s1. The van der Waals surface area contributed by atoms with Crippen LogP contribution >= 0.6 is 11.6 Å². The number of aryl methyl sites for hydroxylation is 1. The molecule has 0 aliphatic carbocycles. The van der Waals surface area contributed by atoms with Gasteiger partial charge in [0.2, 0.25) is 5.91 Å². The molecule has 1 aromatic heterocycles. The zero-order chi connectivity index (χ0) is 15.7. The first-order valence-corrected chi connectivity index (χ1v) is 7.61. The molecule has 0 unspecified atom stereocenters. The van der Waals surface area contributed by atoms with E-state index in [4.69, 9.17) is 16.0 Å². The second-order valence-corrected chi connectivity index (χ2v) is 6.03. The van der Waals surface area contributed by atoms with Gasteiger partial charge in [0.05, 0.1) is 12.2 Å². The Bertz CT molecular complexity index is 686. The number of aromatic nitrogens is 1. The van der Waals surface area contributed by atoms with Gasteiger partial charge in [-0.25, -0.2) is 4.98 Å². The van der Waals surface area contributed by atoms with Crippen molar-refractivity contribution in [3.8, 4) is 0 Å². The predicted molar refractivity (Wildman–Crippen MR) is 84.9 cm³/mol. The minimum Gasteiger partial charge on any atom is -0.449 e. The van der Waals surface area contributed by atoms with Crippen molar-refractivity contribution in [2.24, 2.45) is 0 Å². The second-order valence-electron chi connectivity index (χ2n) is 5.60. The number of hydrogen-bond donors (Lipinski definition) is 0. The van der Waals surface area contributed by atoms with E-state index in [9.17, 15) is 4.79 Å². The van der Waals surface area contributed by atoms with Crippen molar-refractivity contribution >= 4 is 23.2 Å². The lowest BCUT2D eigenvalue weighted by Gasteiger charge is -2.39. The molecule has 0 bridgehead atoms. The highest BCUT2D eigenvalue weighted by Gasteiger charge is 2.30. The lowest BCUT2D eigenvalue weighted by molar-refractivity contribution is -0.122. The average Bonchev–Trinajstić information content (AvgIpc) is 2.88. The lowest BCUT2D eigenvalue weighted by atomic mass is 10.1. The van der Waals surface area contributed by atoms with Gasteiger partial charge in [0.15, 0.2) is 5.89 Å². The van der Waals surface area contributed by atoms with E-state index in [2.05, 4.69) is 16.8 Å². The second kappa shape index (κ2) is 6.10. The Morgan fingerprint density at radius 1 is 1.45 bits per heavy atom. The first-order chi connectivity index (χ1) is 10.5. The van der Waals surface area contributed by atoms with Gasteiger partial charge in [-0.1, -0.05) is 17.7 Å². The summed E-state index contributed by atoms with van der Waals surface area (Å²) in [6.45, 7) is 5.54. The SMILES string of the molecule is Cc1nc(CN2CC(=O)N(c3cccc(Cl)c3)C[C@H]2C)co1. The van der Waals surface area contributed by atoms with Crippen LogP contribution < -0.4 is 4.90 Å². The number of anilines is 1. The van der Waals surface area contributed by atoms with Crippen LogP contribution in [0.25, 0.3) is 0 Å². The lowest BCUT2D eigenvalue weighted by Crippen LogP contribution is -2.54. The number of nitrogens with zero attached hydrogens (tertiary/aromatic N) is 3. The van der Waals surface area contributed by atoms with Crippen LogP contribution in [0.3, 0.4) is 0 Å². The summed E-state index contributed by atoms with van der Waals surface area (Å²) in [5.74, 6) is 0.715. The molecule has 2 aromatic rings. The molecule has 1 aromatic carbocycles. The molecule has 2 heterocycles. The number of piperazine rings is 1. The number of amides is 1. The van der Waals surface area contributed by atoms with E-state index in [0.29, 0.717) is 30.5 Å². The fraction of sp³-hybridized carbons (Fsp3) is 0.375. The van der Waals surface area contributed by atoms with Crippen LogP contribution in [0, 0.1) is 6.92 Å². The first kappa shape index (κ1) is 15.1. The van der Waals surface area contributed by atoms with Gasteiger partial charge in [0.25, 0.3) is 0 Å². The van der Waals surface area contributed by atoms with Gasteiger partial charge in [-0.05, 0) is 25.1 Å². The third-order valence-electron chi connectivity index (χ3n) is 3.86. The van der Waals surface area contributed by atoms with Gasteiger partial charge in [-0.15, -0.1) is 0 Å². The summed E-state index contributed by atoms with van der Waals surface area (Å²) in [5, 5.41) is 0.637. The molecule has 5 nitrogen and oxygen atoms in total. The van der Waals surface area contributed by atoms with Gasteiger partial charge in [0, 0.05) is 36.8 Å². The van der Waals surface area contributed by atoms with Crippen molar-refractivity contribution in [2.45, 2.75) is 26.4 Å². The molecular weight excluding hydrogens is 302 g/mol. The van der Waals surface area contributed by atoms with Crippen LogP contribution in [-0.4, -0.2) is 34.9 Å². The molecule has 1 aliphatic rings. The first-order valence-electron chi connectivity index (χ1n) is 7.24. The van der Waals surface area contributed by atoms with Crippen LogP contribution in [-0.2, 0) is 11.3 Å². The van der Waals surface area contributed by atoms with Crippen molar-refractivity contribution in [3.63, 3.8) is 0 Å². The Morgan fingerprint density at radius 2 is 2.27 bits per heavy atom. The quantitative estimate of drug-likeness (QED) is 0.873. The van der Waals surface area contributed by atoms with Crippen LogP contribution in [0.15, 0.2) is 34.9 Å². The van der Waals surface area contributed by atoms with Crippen LogP contribution in [0.5, 0.6) is 0 Å². The number of rotatable bonds is 3. The monoisotopic (exact) mass is 319 g/mol. The van der Waals surface area contributed by atoms with Gasteiger partial charge in [0.1, 0.15) is 6.26 Å². The molecule has 22 heavy (non-hydrogen) atoms. The van der Waals surface area contributed by atoms with E-state index in [1.54, 1.807) is 11.2 Å². The van der Waals surface area contributed by atoms with Crippen molar-refractivity contribution in [1.82, 2.24) is 9.88 Å². The summed E-state index contributed by atoms with van der Waals surface area (Å²) >= 11 is 6.02. The fourth-order valence-corrected chi connectivity index (χ4v) is 2.88. The van der Waals surface area contributed by atoms with Gasteiger partial charge >= 0.3 is 0 Å². The molecule has 1 saturated heterocycles. The maximum atomic E-state index is 12.5. The van der Waals surface area contributed by atoms with Crippen molar-refractivity contribution in [1.29, 1.82) is 0 Å². The highest BCUT2D eigenvalue weighted by molar-refractivity contribution is 6.30. The highest BCUT2D eigenvalue weighted by atomic mass is 35.5. The Balaban J connectivity index is 1.72. The van der Waals surface area contributed by atoms with Crippen LogP contribution in [0.4, 0.5) is 5.69 Å². The minimum absolute atomic E-state index is 0.0700. The molecule has 3 rings (SSSR count). The normalized spacial score (nSPS) is 19.7. The molecule has 0 spiro atoms. The molecule has 1 fully saturated rings. The van der Waals surface area contributed by atoms with Gasteiger partial charge in [-0.2, -0.15) is 0 Å². The summed E-state index contributed by atoms with van der Waals surface area (Å²) in [7, 11) is 0. The number of carbonyl (C=O) groups excluding carboxylic acids is 1. The molecule has 1 amide bonds. The van der Waals surface area contributed by atoms with Crippen molar-refractivity contribution in [2.75, 3.05) is 18.0 Å². The van der Waals surface area contributed by atoms with E-state index in [1.807, 2.05) is 31.2 Å². The molecule has 116 valence electrons. The average molecular weight is 320 g/mol. The maximum absolute atomic E-state index is 12.5. The number of halogens is 1. The maximum Gasteiger partial charge on any atom is 0.241 e. The fourth-order valence-electron chi connectivity index (χ4n) is 2.69. The zero-order valence-corrected chi connectivity index (χ0v) is 13.4. The van der Waals surface area contributed by atoms with E-state index >= 15 is 0 Å². The Kier molecular flexibility index (Phi) is 4.18. The van der Waals surface area contributed by atoms with E-state index in [0.717, 1.165) is 11.4 Å². The summed E-state index contributed by atoms with van der Waals surface area (Å²) in [4.78, 5) is 20.7. The molecular formula is C16H18ClN3O2. The molecule has 1 aliphatic heterocycles. The Hall–Kier alpha value is -1.85. The van der Waals surface area contributed by atoms with E-state index in [1.165, 1.54) is 0 Å². The number of oxazole rings is 1. The number of hydrogen-bond acceptors (Lipinski definition) is 4. The summed E-state index contributed by atoms with van der Waals surface area (Å²) in [6, 6.07) is 7.63. The summed E-state index contributed by atoms with van der Waals surface area (Å²) in [6.07, 6.45) is 1.65. The van der Waals surface area contributed by atoms with Crippen molar-refractivity contribution < 1.29 is 9.21 Å². The van der Waals surface area contributed by atoms with E-state index in [-0.39, 0.29) is 11.9 Å². The highest BCUT2D eigenvalue weighted by Crippen LogP contribution is 2.24. The third kappa shape index (κ3) is 3.15. The molecule has 0 saturated carbocycles. The molecule has 6 heteroatoms. The summed E-state index contributed by atoms with van der Waals surface area (Å²) < 4.78 is 5.22. The smallest absolute Gasteiger partial charge is 0.241 e. The Morgan fingerprint density at radius 3 is 2.95 bits per heavy atom. The minimum atomic E-state index is 0.0700. The van der Waals surface area contributed by atoms with E-state index < -0.39 is 0 Å². The van der Waals surface area contributed by atoms with Gasteiger partial charge < -0.3 is 9.32 Å². The zero-order valence-electron chi connectivity index (χ0n) is 12.6. The van der Waals surface area contributed by atoms with Crippen molar-refractivity contribution in [3.05, 3.63) is 47.1 Å². The van der Waals surface area contributed by atoms with Crippen LogP contribution in [0.1, 0.15) is 18.5 Å². The molecule has 0 N–H and O–H groups in total. The number of benzene rings is 1. The predicted octanol–water partition coefficient (Wildman–Crippen LogP) is 2.87. The topological polar surface area (TPSA) is 49.6 Å². The van der Waals surface area contributed by atoms with Gasteiger partial charge in [-0.3, -0.25) is 9.69 Å². The summed E-state index contributed by atoms with van der Waals surface area (Å²) in [5.41, 5.74) is 1.70. The Labute approximate surface area is 134 Å². The largest absolute Gasteiger partial charge is 0.449 e. The number of carbonyl (C=O) groups is 1. The molecule has 0 radical (unpaired) electrons. The third-order valence-corrected chi connectivity index (χ3v) is 4.10. The van der Waals surface area contributed by atoms with Crippen LogP contribution in [0.2, 0.25) is 5.02 Å². The molecule has 1 atom stereocenters.